The van der Waals surface area contributed by atoms with Crippen LogP contribution in [0.25, 0.3) is 6.08 Å². The summed E-state index contributed by atoms with van der Waals surface area (Å²) in [5.41, 5.74) is 5.08. The third-order valence-corrected chi connectivity index (χ3v) is 5.84. The van der Waals surface area contributed by atoms with Crippen LogP contribution in [0.15, 0.2) is 47.4 Å². The number of benzene rings is 2. The molecule has 2 amide bonds. The van der Waals surface area contributed by atoms with Crippen molar-refractivity contribution in [2.24, 2.45) is 0 Å². The Kier molecular flexibility index (Phi) is 6.31. The number of aryl methyl sites for hydroxylation is 3. The third kappa shape index (κ3) is 4.88. The normalized spacial score (nSPS) is 15.4. The summed E-state index contributed by atoms with van der Waals surface area (Å²) in [6.45, 7) is 6.26. The van der Waals surface area contributed by atoms with Crippen LogP contribution in [0.1, 0.15) is 28.7 Å². The summed E-state index contributed by atoms with van der Waals surface area (Å²) >= 11 is 6.62. The molecule has 0 saturated carbocycles. The summed E-state index contributed by atoms with van der Waals surface area (Å²) in [4.78, 5) is 27.1. The number of nitrogens with zero attached hydrogens (tertiary/aromatic N) is 1. The standard InChI is InChI=1S/C22H22N2O2S2/c1-14-4-7-17(8-5-14)13-19-21(26)24(22(27)28-19)11-10-20(25)23-18-9-6-15(2)12-16(18)3/h4-9,12-13H,10-11H2,1-3H3,(H,23,25)/b19-13+. The van der Waals surface area contributed by atoms with E-state index in [0.29, 0.717) is 9.23 Å². The van der Waals surface area contributed by atoms with Gasteiger partial charge in [-0.2, -0.15) is 0 Å². The predicted octanol–water partition coefficient (Wildman–Crippen LogP) is 4.84. The van der Waals surface area contributed by atoms with E-state index in [1.165, 1.54) is 22.2 Å². The van der Waals surface area contributed by atoms with E-state index in [-0.39, 0.29) is 24.8 Å². The SMILES string of the molecule is Cc1ccc(/C=C2/SC(=S)N(CCC(=O)Nc3ccc(C)cc3C)C2=O)cc1. The third-order valence-electron chi connectivity index (χ3n) is 4.47. The van der Waals surface area contributed by atoms with Crippen LogP contribution < -0.4 is 5.32 Å². The number of nitrogens with one attached hydrogen (secondary N) is 1. The van der Waals surface area contributed by atoms with Gasteiger partial charge in [0.15, 0.2) is 0 Å². The van der Waals surface area contributed by atoms with Gasteiger partial charge in [0.25, 0.3) is 5.91 Å². The maximum atomic E-state index is 12.7. The van der Waals surface area contributed by atoms with Gasteiger partial charge in [-0.25, -0.2) is 0 Å². The minimum atomic E-state index is -0.144. The molecular weight excluding hydrogens is 388 g/mol. The van der Waals surface area contributed by atoms with Crippen molar-refractivity contribution in [1.29, 1.82) is 0 Å². The van der Waals surface area contributed by atoms with E-state index in [1.54, 1.807) is 0 Å². The molecule has 0 spiro atoms. The Bertz CT molecular complexity index is 965. The van der Waals surface area contributed by atoms with Crippen molar-refractivity contribution in [2.75, 3.05) is 11.9 Å². The van der Waals surface area contributed by atoms with Crippen LogP contribution in [0.5, 0.6) is 0 Å². The molecule has 1 heterocycles. The molecule has 144 valence electrons. The summed E-state index contributed by atoms with van der Waals surface area (Å²) in [5, 5.41) is 2.91. The van der Waals surface area contributed by atoms with Crippen LogP contribution in [0, 0.1) is 20.8 Å². The van der Waals surface area contributed by atoms with Gasteiger partial charge in [-0.1, -0.05) is 71.5 Å². The number of amides is 2. The highest BCUT2D eigenvalue weighted by Gasteiger charge is 2.32. The summed E-state index contributed by atoms with van der Waals surface area (Å²) in [6, 6.07) is 13.8. The molecule has 0 aromatic heterocycles. The highest BCUT2D eigenvalue weighted by atomic mass is 32.2. The Morgan fingerprint density at radius 1 is 1.11 bits per heavy atom. The highest BCUT2D eigenvalue weighted by molar-refractivity contribution is 8.26. The van der Waals surface area contributed by atoms with E-state index in [2.05, 4.69) is 5.32 Å². The number of thiocarbonyl (C=S) groups is 1. The monoisotopic (exact) mass is 410 g/mol. The van der Waals surface area contributed by atoms with Crippen molar-refractivity contribution in [3.63, 3.8) is 0 Å². The molecule has 1 aliphatic heterocycles. The number of thioether (sulfide) groups is 1. The second-order valence-electron chi connectivity index (χ2n) is 6.86. The van der Waals surface area contributed by atoms with Crippen LogP contribution in [-0.4, -0.2) is 27.6 Å². The molecule has 1 saturated heterocycles. The van der Waals surface area contributed by atoms with Gasteiger partial charge >= 0.3 is 0 Å². The molecule has 0 atom stereocenters. The molecule has 1 fully saturated rings. The number of hydrogen-bond acceptors (Lipinski definition) is 4. The van der Waals surface area contributed by atoms with E-state index < -0.39 is 0 Å². The Hall–Kier alpha value is -2.44. The lowest BCUT2D eigenvalue weighted by molar-refractivity contribution is -0.122. The molecule has 2 aromatic rings. The minimum Gasteiger partial charge on any atom is -0.326 e. The van der Waals surface area contributed by atoms with Crippen LogP contribution in [0.4, 0.5) is 5.69 Å². The Balaban J connectivity index is 1.61. The maximum absolute atomic E-state index is 12.7. The first-order valence-corrected chi connectivity index (χ1v) is 10.2. The van der Waals surface area contributed by atoms with Gasteiger partial charge in [-0.3, -0.25) is 14.5 Å². The first-order chi connectivity index (χ1) is 13.3. The molecule has 0 unspecified atom stereocenters. The van der Waals surface area contributed by atoms with Crippen molar-refractivity contribution in [3.05, 3.63) is 69.6 Å². The zero-order valence-electron chi connectivity index (χ0n) is 16.1. The van der Waals surface area contributed by atoms with Gasteiger partial charge in [-0.15, -0.1) is 0 Å². The fourth-order valence-corrected chi connectivity index (χ4v) is 4.20. The predicted molar refractivity (Wildman–Crippen MR) is 120 cm³/mol. The molecule has 4 nitrogen and oxygen atoms in total. The van der Waals surface area contributed by atoms with Crippen molar-refractivity contribution >= 4 is 51.9 Å². The van der Waals surface area contributed by atoms with Crippen molar-refractivity contribution in [2.45, 2.75) is 27.2 Å². The van der Waals surface area contributed by atoms with Gasteiger partial charge in [0, 0.05) is 18.7 Å². The zero-order valence-corrected chi connectivity index (χ0v) is 17.7. The zero-order chi connectivity index (χ0) is 20.3. The van der Waals surface area contributed by atoms with Gasteiger partial charge in [0.2, 0.25) is 5.91 Å². The number of hydrogen-bond donors (Lipinski definition) is 1. The minimum absolute atomic E-state index is 0.136. The smallest absolute Gasteiger partial charge is 0.266 e. The molecular formula is C22H22N2O2S2. The van der Waals surface area contributed by atoms with Crippen molar-refractivity contribution in [1.82, 2.24) is 4.90 Å². The van der Waals surface area contributed by atoms with E-state index in [0.717, 1.165) is 22.4 Å². The summed E-state index contributed by atoms with van der Waals surface area (Å²) in [6.07, 6.45) is 2.03. The first-order valence-electron chi connectivity index (χ1n) is 9.02. The number of carbonyl (C=O) groups is 2. The molecule has 28 heavy (non-hydrogen) atoms. The van der Waals surface area contributed by atoms with Crippen LogP contribution in [0.3, 0.4) is 0 Å². The Labute approximate surface area is 175 Å². The van der Waals surface area contributed by atoms with Crippen molar-refractivity contribution < 1.29 is 9.59 Å². The summed E-state index contributed by atoms with van der Waals surface area (Å²) in [5.74, 6) is -0.279. The average molecular weight is 411 g/mol. The quantitative estimate of drug-likeness (QED) is 0.566. The highest BCUT2D eigenvalue weighted by Crippen LogP contribution is 2.32. The van der Waals surface area contributed by atoms with Gasteiger partial charge in [0.05, 0.1) is 4.91 Å². The van der Waals surface area contributed by atoms with Crippen LogP contribution in [-0.2, 0) is 9.59 Å². The number of anilines is 1. The second kappa shape index (κ2) is 8.71. The molecule has 1 N–H and O–H groups in total. The lowest BCUT2D eigenvalue weighted by atomic mass is 10.1. The van der Waals surface area contributed by atoms with E-state index in [4.69, 9.17) is 12.2 Å². The van der Waals surface area contributed by atoms with E-state index in [9.17, 15) is 9.59 Å². The lowest BCUT2D eigenvalue weighted by Gasteiger charge is -2.15. The second-order valence-corrected chi connectivity index (χ2v) is 8.54. The molecule has 0 radical (unpaired) electrons. The van der Waals surface area contributed by atoms with Crippen LogP contribution in [0.2, 0.25) is 0 Å². The Morgan fingerprint density at radius 2 is 1.79 bits per heavy atom. The van der Waals surface area contributed by atoms with E-state index in [1.807, 2.05) is 69.3 Å². The van der Waals surface area contributed by atoms with Gasteiger partial charge in [-0.05, 0) is 44.0 Å². The topological polar surface area (TPSA) is 49.4 Å². The number of carbonyl (C=O) groups excluding carboxylic acids is 2. The Morgan fingerprint density at radius 3 is 2.46 bits per heavy atom. The molecule has 3 rings (SSSR count). The summed E-state index contributed by atoms with van der Waals surface area (Å²) < 4.78 is 0.489. The number of rotatable bonds is 5. The first kappa shape index (κ1) is 20.3. The lowest BCUT2D eigenvalue weighted by Crippen LogP contribution is -2.31. The maximum Gasteiger partial charge on any atom is 0.266 e. The van der Waals surface area contributed by atoms with E-state index >= 15 is 0 Å². The molecule has 0 aliphatic carbocycles. The fraction of sp³-hybridized carbons (Fsp3) is 0.227. The van der Waals surface area contributed by atoms with Gasteiger partial charge < -0.3 is 5.32 Å². The van der Waals surface area contributed by atoms with Gasteiger partial charge in [0.1, 0.15) is 4.32 Å². The largest absolute Gasteiger partial charge is 0.326 e. The van der Waals surface area contributed by atoms with Crippen molar-refractivity contribution in [3.8, 4) is 0 Å². The fourth-order valence-electron chi connectivity index (χ4n) is 2.89. The average Bonchev–Trinajstić information content (AvgIpc) is 2.91. The molecule has 6 heteroatoms. The molecule has 2 aromatic carbocycles. The summed E-state index contributed by atoms with van der Waals surface area (Å²) in [7, 11) is 0. The van der Waals surface area contributed by atoms with Crippen LogP contribution >= 0.6 is 24.0 Å². The molecule has 0 bridgehead atoms. The molecule has 1 aliphatic rings.